The fourth-order valence-electron chi connectivity index (χ4n) is 3.26. The van der Waals surface area contributed by atoms with Crippen LogP contribution in [0.2, 0.25) is 0 Å². The van der Waals surface area contributed by atoms with Gasteiger partial charge in [-0.3, -0.25) is 4.90 Å². The Morgan fingerprint density at radius 3 is 2.56 bits per heavy atom. The van der Waals surface area contributed by atoms with Crippen molar-refractivity contribution in [2.24, 2.45) is 11.8 Å². The SMILES string of the molecule is CC(C)C1CCCCN1CC1CCOCC1. The monoisotopic (exact) mass is 225 g/mol. The first-order chi connectivity index (χ1) is 7.77. The van der Waals surface area contributed by atoms with Crippen LogP contribution >= 0.6 is 0 Å². The zero-order chi connectivity index (χ0) is 11.4. The van der Waals surface area contributed by atoms with Gasteiger partial charge >= 0.3 is 0 Å². The maximum absolute atomic E-state index is 5.44. The average Bonchev–Trinajstić information content (AvgIpc) is 2.31. The van der Waals surface area contributed by atoms with Gasteiger partial charge in [-0.25, -0.2) is 0 Å². The normalized spacial score (nSPS) is 29.8. The predicted molar refractivity (Wildman–Crippen MR) is 67.6 cm³/mol. The Kier molecular flexibility index (Phi) is 4.66. The number of hydrogen-bond donors (Lipinski definition) is 0. The summed E-state index contributed by atoms with van der Waals surface area (Å²) in [7, 11) is 0. The highest BCUT2D eigenvalue weighted by Crippen LogP contribution is 2.26. The van der Waals surface area contributed by atoms with E-state index in [1.54, 1.807) is 0 Å². The quantitative estimate of drug-likeness (QED) is 0.732. The molecular weight excluding hydrogens is 198 g/mol. The number of hydrogen-bond acceptors (Lipinski definition) is 2. The fourth-order valence-corrected chi connectivity index (χ4v) is 3.26. The third-order valence-corrected chi connectivity index (χ3v) is 4.27. The average molecular weight is 225 g/mol. The van der Waals surface area contributed by atoms with Gasteiger partial charge in [0.25, 0.3) is 0 Å². The summed E-state index contributed by atoms with van der Waals surface area (Å²) < 4.78 is 5.44. The van der Waals surface area contributed by atoms with E-state index in [0.29, 0.717) is 0 Å². The first-order valence-electron chi connectivity index (χ1n) is 7.09. The second-order valence-corrected chi connectivity index (χ2v) is 5.86. The predicted octanol–water partition coefficient (Wildman–Crippen LogP) is 2.92. The maximum Gasteiger partial charge on any atom is 0.0469 e. The molecule has 2 aliphatic rings. The molecule has 16 heavy (non-hydrogen) atoms. The van der Waals surface area contributed by atoms with Gasteiger partial charge in [0, 0.05) is 25.8 Å². The molecule has 0 bridgehead atoms. The molecule has 2 aliphatic heterocycles. The van der Waals surface area contributed by atoms with Crippen LogP contribution in [0, 0.1) is 11.8 Å². The van der Waals surface area contributed by atoms with Crippen LogP contribution in [-0.2, 0) is 4.74 Å². The Balaban J connectivity index is 1.85. The third kappa shape index (κ3) is 3.21. The highest BCUT2D eigenvalue weighted by atomic mass is 16.5. The Morgan fingerprint density at radius 1 is 1.12 bits per heavy atom. The second kappa shape index (κ2) is 6.02. The summed E-state index contributed by atoms with van der Waals surface area (Å²) in [5.74, 6) is 1.72. The van der Waals surface area contributed by atoms with E-state index in [4.69, 9.17) is 4.74 Å². The minimum absolute atomic E-state index is 0.820. The Morgan fingerprint density at radius 2 is 1.88 bits per heavy atom. The Hall–Kier alpha value is -0.0800. The number of ether oxygens (including phenoxy) is 1. The lowest BCUT2D eigenvalue weighted by Crippen LogP contribution is -2.45. The zero-order valence-electron chi connectivity index (χ0n) is 11.0. The second-order valence-electron chi connectivity index (χ2n) is 5.86. The van der Waals surface area contributed by atoms with E-state index in [0.717, 1.165) is 31.1 Å². The van der Waals surface area contributed by atoms with Gasteiger partial charge < -0.3 is 4.74 Å². The van der Waals surface area contributed by atoms with Crippen LogP contribution in [0.4, 0.5) is 0 Å². The third-order valence-electron chi connectivity index (χ3n) is 4.27. The molecule has 2 heteroatoms. The summed E-state index contributed by atoms with van der Waals surface area (Å²) in [6.45, 7) is 9.40. The molecule has 0 N–H and O–H groups in total. The topological polar surface area (TPSA) is 12.5 Å². The van der Waals surface area contributed by atoms with Crippen molar-refractivity contribution < 1.29 is 4.74 Å². The van der Waals surface area contributed by atoms with Crippen molar-refractivity contribution in [1.82, 2.24) is 4.90 Å². The van der Waals surface area contributed by atoms with Gasteiger partial charge in [-0.1, -0.05) is 20.3 Å². The highest BCUT2D eigenvalue weighted by molar-refractivity contribution is 4.81. The van der Waals surface area contributed by atoms with Crippen LogP contribution in [0.5, 0.6) is 0 Å². The maximum atomic E-state index is 5.44. The number of nitrogens with zero attached hydrogens (tertiary/aromatic N) is 1. The summed E-state index contributed by atoms with van der Waals surface area (Å²) in [6, 6.07) is 0.844. The standard InChI is InChI=1S/C14H27NO/c1-12(2)14-5-3-4-8-15(14)11-13-6-9-16-10-7-13/h12-14H,3-11H2,1-2H3. The van der Waals surface area contributed by atoms with Crippen LogP contribution in [0.3, 0.4) is 0 Å². The zero-order valence-corrected chi connectivity index (χ0v) is 11.0. The summed E-state index contributed by atoms with van der Waals surface area (Å²) in [5.41, 5.74) is 0. The molecule has 0 aromatic carbocycles. The van der Waals surface area contributed by atoms with Crippen molar-refractivity contribution in [2.45, 2.75) is 52.0 Å². The van der Waals surface area contributed by atoms with E-state index in [-0.39, 0.29) is 0 Å². The molecule has 1 atom stereocenters. The largest absolute Gasteiger partial charge is 0.381 e. The van der Waals surface area contributed by atoms with Gasteiger partial charge in [0.15, 0.2) is 0 Å². The molecular formula is C14H27NO. The van der Waals surface area contributed by atoms with Crippen molar-refractivity contribution in [2.75, 3.05) is 26.3 Å². The molecule has 2 rings (SSSR count). The summed E-state index contributed by atoms with van der Waals surface area (Å²) in [6.07, 6.45) is 6.82. The molecule has 0 saturated carbocycles. The van der Waals surface area contributed by atoms with Crippen LogP contribution in [-0.4, -0.2) is 37.2 Å². The molecule has 94 valence electrons. The van der Waals surface area contributed by atoms with E-state index in [1.165, 1.54) is 45.2 Å². The van der Waals surface area contributed by atoms with Crippen molar-refractivity contribution in [1.29, 1.82) is 0 Å². The minimum Gasteiger partial charge on any atom is -0.381 e. The first kappa shape index (κ1) is 12.4. The number of piperidine rings is 1. The van der Waals surface area contributed by atoms with Crippen molar-refractivity contribution in [3.05, 3.63) is 0 Å². The molecule has 2 nitrogen and oxygen atoms in total. The van der Waals surface area contributed by atoms with E-state index >= 15 is 0 Å². The van der Waals surface area contributed by atoms with Crippen molar-refractivity contribution in [3.8, 4) is 0 Å². The minimum atomic E-state index is 0.820. The van der Waals surface area contributed by atoms with Gasteiger partial charge in [0.1, 0.15) is 0 Å². The van der Waals surface area contributed by atoms with Gasteiger partial charge in [-0.05, 0) is 44.1 Å². The summed E-state index contributed by atoms with van der Waals surface area (Å²) >= 11 is 0. The molecule has 0 aromatic heterocycles. The van der Waals surface area contributed by atoms with Gasteiger partial charge in [0.2, 0.25) is 0 Å². The van der Waals surface area contributed by atoms with Gasteiger partial charge in [-0.15, -0.1) is 0 Å². The van der Waals surface area contributed by atoms with E-state index in [2.05, 4.69) is 18.7 Å². The lowest BCUT2D eigenvalue weighted by molar-refractivity contribution is 0.0309. The first-order valence-corrected chi connectivity index (χ1v) is 7.09. The van der Waals surface area contributed by atoms with Crippen LogP contribution in [0.15, 0.2) is 0 Å². The van der Waals surface area contributed by atoms with Crippen molar-refractivity contribution >= 4 is 0 Å². The molecule has 2 saturated heterocycles. The van der Waals surface area contributed by atoms with Gasteiger partial charge in [0.05, 0.1) is 0 Å². The molecule has 0 radical (unpaired) electrons. The lowest BCUT2D eigenvalue weighted by Gasteiger charge is -2.40. The van der Waals surface area contributed by atoms with E-state index in [9.17, 15) is 0 Å². The van der Waals surface area contributed by atoms with E-state index in [1.807, 2.05) is 0 Å². The molecule has 0 amide bonds. The fraction of sp³-hybridized carbons (Fsp3) is 1.00. The Bertz CT molecular complexity index is 199. The molecule has 2 fully saturated rings. The van der Waals surface area contributed by atoms with Gasteiger partial charge in [-0.2, -0.15) is 0 Å². The van der Waals surface area contributed by atoms with Crippen LogP contribution in [0.25, 0.3) is 0 Å². The van der Waals surface area contributed by atoms with Crippen molar-refractivity contribution in [3.63, 3.8) is 0 Å². The van der Waals surface area contributed by atoms with E-state index < -0.39 is 0 Å². The van der Waals surface area contributed by atoms with Crippen LogP contribution in [0.1, 0.15) is 46.0 Å². The number of rotatable bonds is 3. The smallest absolute Gasteiger partial charge is 0.0469 e. The summed E-state index contributed by atoms with van der Waals surface area (Å²) in [5, 5.41) is 0. The molecule has 1 unspecified atom stereocenters. The lowest BCUT2D eigenvalue weighted by atomic mass is 9.90. The molecule has 0 aromatic rings. The highest BCUT2D eigenvalue weighted by Gasteiger charge is 2.27. The Labute approximate surface area is 100 Å². The molecule has 0 spiro atoms. The summed E-state index contributed by atoms with van der Waals surface area (Å²) in [4.78, 5) is 2.77. The molecule has 2 heterocycles. The molecule has 0 aliphatic carbocycles. The van der Waals surface area contributed by atoms with Crippen LogP contribution < -0.4 is 0 Å². The number of likely N-dealkylation sites (tertiary alicyclic amines) is 1.